The number of amides is 1. The van der Waals surface area contributed by atoms with Gasteiger partial charge < -0.3 is 10.4 Å². The monoisotopic (exact) mass is 201 g/mol. The van der Waals surface area contributed by atoms with Crippen molar-refractivity contribution in [2.75, 3.05) is 6.54 Å². The number of hydrogen-bond donors (Lipinski definition) is 2. The second kappa shape index (κ2) is 5.62. The minimum atomic E-state index is -0.766. The zero-order chi connectivity index (χ0) is 11.2. The summed E-state index contributed by atoms with van der Waals surface area (Å²) in [6.45, 7) is 6.11. The molecule has 0 radical (unpaired) electrons. The SMILES string of the molecule is CC(=O)NCCC(C)(C)CCC(=O)O. The van der Waals surface area contributed by atoms with E-state index in [1.165, 1.54) is 6.92 Å². The van der Waals surface area contributed by atoms with Gasteiger partial charge in [-0.3, -0.25) is 9.59 Å². The zero-order valence-corrected chi connectivity index (χ0v) is 9.09. The molecule has 0 aliphatic carbocycles. The second-order valence-corrected chi connectivity index (χ2v) is 4.29. The third-order valence-corrected chi connectivity index (χ3v) is 2.19. The molecule has 0 rings (SSSR count). The average Bonchev–Trinajstić information content (AvgIpc) is 2.00. The van der Waals surface area contributed by atoms with Gasteiger partial charge in [0, 0.05) is 19.9 Å². The first-order chi connectivity index (χ1) is 6.33. The van der Waals surface area contributed by atoms with Crippen molar-refractivity contribution < 1.29 is 14.7 Å². The molecule has 4 heteroatoms. The van der Waals surface area contributed by atoms with E-state index in [0.717, 1.165) is 6.42 Å². The quantitative estimate of drug-likeness (QED) is 0.682. The predicted octanol–water partition coefficient (Wildman–Crippen LogP) is 1.40. The first-order valence-corrected chi connectivity index (χ1v) is 4.80. The lowest BCUT2D eigenvalue weighted by molar-refractivity contribution is -0.137. The van der Waals surface area contributed by atoms with Gasteiger partial charge in [0.05, 0.1) is 0 Å². The Labute approximate surface area is 84.7 Å². The number of carboxylic acid groups (broad SMARTS) is 1. The molecule has 2 N–H and O–H groups in total. The Balaban J connectivity index is 3.71. The van der Waals surface area contributed by atoms with Gasteiger partial charge in [-0.2, -0.15) is 0 Å². The fourth-order valence-electron chi connectivity index (χ4n) is 1.15. The molecule has 4 nitrogen and oxygen atoms in total. The van der Waals surface area contributed by atoms with Crippen LogP contribution in [-0.4, -0.2) is 23.5 Å². The van der Waals surface area contributed by atoms with E-state index in [0.29, 0.717) is 13.0 Å². The summed E-state index contributed by atoms with van der Waals surface area (Å²) in [6, 6.07) is 0. The Morgan fingerprint density at radius 2 is 1.86 bits per heavy atom. The van der Waals surface area contributed by atoms with Crippen molar-refractivity contribution >= 4 is 11.9 Å². The highest BCUT2D eigenvalue weighted by molar-refractivity contribution is 5.72. The minimum Gasteiger partial charge on any atom is -0.481 e. The molecule has 0 heterocycles. The number of nitrogens with one attached hydrogen (secondary N) is 1. The number of rotatable bonds is 6. The van der Waals surface area contributed by atoms with Gasteiger partial charge in [-0.1, -0.05) is 13.8 Å². The van der Waals surface area contributed by atoms with Crippen LogP contribution >= 0.6 is 0 Å². The smallest absolute Gasteiger partial charge is 0.303 e. The van der Waals surface area contributed by atoms with E-state index in [-0.39, 0.29) is 17.7 Å². The molecule has 1 amide bonds. The maximum Gasteiger partial charge on any atom is 0.303 e. The Kier molecular flexibility index (Phi) is 5.20. The van der Waals surface area contributed by atoms with Gasteiger partial charge in [-0.05, 0) is 18.3 Å². The third-order valence-electron chi connectivity index (χ3n) is 2.19. The van der Waals surface area contributed by atoms with Crippen molar-refractivity contribution in [3.8, 4) is 0 Å². The first kappa shape index (κ1) is 12.9. The lowest BCUT2D eigenvalue weighted by Crippen LogP contribution is -2.26. The predicted molar refractivity (Wildman–Crippen MR) is 54.0 cm³/mol. The number of aliphatic carboxylic acids is 1. The van der Waals surface area contributed by atoms with Crippen molar-refractivity contribution in [3.05, 3.63) is 0 Å². The summed E-state index contributed by atoms with van der Waals surface area (Å²) in [6.07, 6.45) is 1.63. The van der Waals surface area contributed by atoms with E-state index >= 15 is 0 Å². The molecular weight excluding hydrogens is 182 g/mol. The molecule has 0 aromatic carbocycles. The summed E-state index contributed by atoms with van der Waals surface area (Å²) >= 11 is 0. The lowest BCUT2D eigenvalue weighted by atomic mass is 9.84. The number of carbonyl (C=O) groups is 2. The maximum absolute atomic E-state index is 10.6. The molecule has 0 atom stereocenters. The molecule has 82 valence electrons. The van der Waals surface area contributed by atoms with Gasteiger partial charge in [0.1, 0.15) is 0 Å². The molecule has 0 aromatic rings. The summed E-state index contributed by atoms with van der Waals surface area (Å²) in [4.78, 5) is 20.9. The molecule has 0 aliphatic rings. The van der Waals surface area contributed by atoms with Crippen LogP contribution in [-0.2, 0) is 9.59 Å². The fraction of sp³-hybridized carbons (Fsp3) is 0.800. The average molecular weight is 201 g/mol. The maximum atomic E-state index is 10.6. The topological polar surface area (TPSA) is 66.4 Å². The lowest BCUT2D eigenvalue weighted by Gasteiger charge is -2.23. The van der Waals surface area contributed by atoms with Crippen LogP contribution in [0, 0.1) is 5.41 Å². The summed E-state index contributed by atoms with van der Waals surface area (Å²) in [5.74, 6) is -0.809. The minimum absolute atomic E-state index is 0.0269. The number of carbonyl (C=O) groups excluding carboxylic acids is 1. The summed E-state index contributed by atoms with van der Waals surface area (Å²) in [5, 5.41) is 11.2. The Morgan fingerprint density at radius 1 is 1.29 bits per heavy atom. The van der Waals surface area contributed by atoms with E-state index in [1.807, 2.05) is 13.8 Å². The molecule has 0 aromatic heterocycles. The second-order valence-electron chi connectivity index (χ2n) is 4.29. The van der Waals surface area contributed by atoms with Gasteiger partial charge in [-0.25, -0.2) is 0 Å². The summed E-state index contributed by atoms with van der Waals surface area (Å²) in [7, 11) is 0. The van der Waals surface area contributed by atoms with Crippen molar-refractivity contribution in [2.24, 2.45) is 5.41 Å². The van der Waals surface area contributed by atoms with Crippen LogP contribution in [0.15, 0.2) is 0 Å². The van der Waals surface area contributed by atoms with Gasteiger partial charge >= 0.3 is 5.97 Å². The van der Waals surface area contributed by atoms with Crippen LogP contribution in [0.25, 0.3) is 0 Å². The van der Waals surface area contributed by atoms with Crippen molar-refractivity contribution in [3.63, 3.8) is 0 Å². The van der Waals surface area contributed by atoms with Crippen LogP contribution in [0.4, 0.5) is 0 Å². The van der Waals surface area contributed by atoms with Crippen molar-refractivity contribution in [1.82, 2.24) is 5.32 Å². The molecule has 0 fully saturated rings. The highest BCUT2D eigenvalue weighted by Gasteiger charge is 2.18. The van der Waals surface area contributed by atoms with E-state index in [1.54, 1.807) is 0 Å². The van der Waals surface area contributed by atoms with Crippen LogP contribution in [0.5, 0.6) is 0 Å². The highest BCUT2D eigenvalue weighted by atomic mass is 16.4. The molecular formula is C10H19NO3. The fourth-order valence-corrected chi connectivity index (χ4v) is 1.15. The highest BCUT2D eigenvalue weighted by Crippen LogP contribution is 2.25. The molecule has 0 aliphatic heterocycles. The van der Waals surface area contributed by atoms with Gasteiger partial charge in [0.15, 0.2) is 0 Å². The first-order valence-electron chi connectivity index (χ1n) is 4.80. The zero-order valence-electron chi connectivity index (χ0n) is 9.09. The summed E-state index contributed by atoms with van der Waals surface area (Å²) < 4.78 is 0. The van der Waals surface area contributed by atoms with Crippen LogP contribution in [0.2, 0.25) is 0 Å². The van der Waals surface area contributed by atoms with Gasteiger partial charge in [-0.15, -0.1) is 0 Å². The molecule has 0 spiro atoms. The Morgan fingerprint density at radius 3 is 2.29 bits per heavy atom. The van der Waals surface area contributed by atoms with Gasteiger partial charge in [0.2, 0.25) is 5.91 Å². The molecule has 0 saturated heterocycles. The Hall–Kier alpha value is -1.06. The molecule has 14 heavy (non-hydrogen) atoms. The largest absolute Gasteiger partial charge is 0.481 e. The van der Waals surface area contributed by atoms with E-state index in [4.69, 9.17) is 5.11 Å². The normalized spacial score (nSPS) is 11.1. The molecule has 0 bridgehead atoms. The van der Waals surface area contributed by atoms with E-state index in [9.17, 15) is 9.59 Å². The standard InChI is InChI=1S/C10H19NO3/c1-8(12)11-7-6-10(2,3)5-4-9(13)14/h4-7H2,1-3H3,(H,11,12)(H,13,14). The van der Waals surface area contributed by atoms with E-state index in [2.05, 4.69) is 5.32 Å². The van der Waals surface area contributed by atoms with Gasteiger partial charge in [0.25, 0.3) is 0 Å². The van der Waals surface area contributed by atoms with Crippen LogP contribution in [0.3, 0.4) is 0 Å². The molecule has 0 saturated carbocycles. The number of hydrogen-bond acceptors (Lipinski definition) is 2. The van der Waals surface area contributed by atoms with Crippen molar-refractivity contribution in [2.45, 2.75) is 40.0 Å². The van der Waals surface area contributed by atoms with E-state index < -0.39 is 5.97 Å². The third kappa shape index (κ3) is 7.58. The Bertz CT molecular complexity index is 211. The summed E-state index contributed by atoms with van der Waals surface area (Å²) in [5.41, 5.74) is -0.0269. The van der Waals surface area contributed by atoms with Crippen LogP contribution in [0.1, 0.15) is 40.0 Å². The number of carboxylic acids is 1. The van der Waals surface area contributed by atoms with Crippen LogP contribution < -0.4 is 5.32 Å². The molecule has 0 unspecified atom stereocenters. The van der Waals surface area contributed by atoms with Crippen molar-refractivity contribution in [1.29, 1.82) is 0 Å².